The molecular weight excluding hydrogens is 851 g/mol. The van der Waals surface area contributed by atoms with Gasteiger partial charge >= 0.3 is 6.09 Å². The van der Waals surface area contributed by atoms with E-state index >= 15 is 0 Å². The maximum Gasteiger partial charge on any atom is 0.411 e. The summed E-state index contributed by atoms with van der Waals surface area (Å²) in [6.45, 7) is 4.92. The molecule has 1 aliphatic carbocycles. The summed E-state index contributed by atoms with van der Waals surface area (Å²) in [5.74, 6) is 0.0219. The Hall–Kier alpha value is -2.24. The van der Waals surface area contributed by atoms with Crippen molar-refractivity contribution in [3.63, 3.8) is 0 Å². The molecule has 3 aromatic rings. The highest BCUT2D eigenvalue weighted by Crippen LogP contribution is 2.43. The summed E-state index contributed by atoms with van der Waals surface area (Å²) in [6.07, 6.45) is 3.73. The first-order chi connectivity index (χ1) is 24.7. The summed E-state index contributed by atoms with van der Waals surface area (Å²) >= 11 is 28.5. The molecule has 0 spiro atoms. The van der Waals surface area contributed by atoms with E-state index in [9.17, 15) is 14.0 Å². The van der Waals surface area contributed by atoms with Crippen LogP contribution < -0.4 is 10.1 Å². The lowest BCUT2D eigenvalue weighted by Gasteiger charge is -2.48. The fraction of sp³-hybridized carbons (Fsp3) is 0.436. The van der Waals surface area contributed by atoms with Crippen molar-refractivity contribution < 1.29 is 23.5 Å². The van der Waals surface area contributed by atoms with Gasteiger partial charge in [-0.05, 0) is 109 Å². The SMILES string of the molecule is CC(C)(OC(=O)N1C2CNC[C@@H]1C(C(=O)N(CCc1ccccc1Cl)C1CC1)=C(c1ccc(CCCOc3cc(F)ccc3Br)cc1)C2)C(Cl)(Cl)Cl.Cl. The summed E-state index contributed by atoms with van der Waals surface area (Å²) in [4.78, 5) is 32.5. The average Bonchev–Trinajstić information content (AvgIpc) is 3.93. The molecule has 2 fully saturated rings. The van der Waals surface area contributed by atoms with Crippen LogP contribution >= 0.6 is 74.7 Å². The van der Waals surface area contributed by atoms with Gasteiger partial charge in [0.2, 0.25) is 3.79 Å². The van der Waals surface area contributed by atoms with Crippen LogP contribution in [0.1, 0.15) is 56.2 Å². The fourth-order valence-electron chi connectivity index (χ4n) is 6.80. The van der Waals surface area contributed by atoms with E-state index in [0.29, 0.717) is 59.9 Å². The largest absolute Gasteiger partial charge is 0.492 e. The highest BCUT2D eigenvalue weighted by atomic mass is 79.9. The standard InChI is InChI=1S/C39H41BrCl4FN3O4.ClH/c1-38(2,39(42,43)44)52-37(50)48-29-21-30(25-11-9-24(10-12-25)6-5-19-51-34-20-27(45)13-16-31(34)40)35(33(48)23-46-22-29)36(49)47(28-14-15-28)18-17-26-7-3-4-8-32(26)41;/h3-4,7-13,16,20,28-29,33,46H,5-6,14-15,17-19,21-23H2,1-2H3;1H/t29?,33-;/m1./s1. The van der Waals surface area contributed by atoms with Crippen LogP contribution in [0.4, 0.5) is 9.18 Å². The summed E-state index contributed by atoms with van der Waals surface area (Å²) in [5.41, 5.74) is 3.08. The number of ether oxygens (including phenoxy) is 2. The number of aryl methyl sites for hydroxylation is 1. The van der Waals surface area contributed by atoms with Gasteiger partial charge in [0.25, 0.3) is 5.91 Å². The number of piperazine rings is 1. The van der Waals surface area contributed by atoms with Gasteiger partial charge in [0.1, 0.15) is 11.6 Å². The third kappa shape index (κ3) is 9.96. The maximum atomic E-state index is 14.9. The lowest BCUT2D eigenvalue weighted by atomic mass is 9.81. The number of hydrogen-bond acceptors (Lipinski definition) is 5. The third-order valence-electron chi connectivity index (χ3n) is 9.90. The first-order valence-corrected chi connectivity index (χ1v) is 19.8. The first-order valence-electron chi connectivity index (χ1n) is 17.5. The van der Waals surface area contributed by atoms with Crippen LogP contribution in [0.25, 0.3) is 5.57 Å². The molecule has 1 saturated heterocycles. The number of rotatable bonds is 12. The predicted octanol–water partition coefficient (Wildman–Crippen LogP) is 9.99. The molecule has 2 atom stereocenters. The number of hydrogen-bond donors (Lipinski definition) is 1. The van der Waals surface area contributed by atoms with Crippen LogP contribution in [0.15, 0.2) is 76.8 Å². The van der Waals surface area contributed by atoms with Crippen LogP contribution in [0, 0.1) is 5.82 Å². The molecule has 1 saturated carbocycles. The lowest BCUT2D eigenvalue weighted by molar-refractivity contribution is -0.128. The minimum Gasteiger partial charge on any atom is -0.492 e. The Morgan fingerprint density at radius 3 is 2.42 bits per heavy atom. The summed E-state index contributed by atoms with van der Waals surface area (Å²) in [7, 11) is 0. The van der Waals surface area contributed by atoms with Gasteiger partial charge in [-0.3, -0.25) is 9.69 Å². The molecule has 2 bridgehead atoms. The Morgan fingerprint density at radius 1 is 1.02 bits per heavy atom. The van der Waals surface area contributed by atoms with Crippen molar-refractivity contribution in [2.24, 2.45) is 0 Å². The van der Waals surface area contributed by atoms with Gasteiger partial charge in [-0.1, -0.05) is 88.9 Å². The second kappa shape index (κ2) is 17.7. The molecule has 2 aliphatic heterocycles. The molecule has 7 nitrogen and oxygen atoms in total. The van der Waals surface area contributed by atoms with Gasteiger partial charge in [-0.2, -0.15) is 0 Å². The van der Waals surface area contributed by atoms with Crippen molar-refractivity contribution in [3.8, 4) is 5.75 Å². The number of carbonyl (C=O) groups excluding carboxylic acids is 2. The molecule has 3 aromatic carbocycles. The zero-order valence-electron chi connectivity index (χ0n) is 29.4. The fourth-order valence-corrected chi connectivity index (χ4v) is 7.51. The molecule has 2 amide bonds. The number of benzene rings is 3. The molecule has 1 N–H and O–H groups in total. The van der Waals surface area contributed by atoms with Crippen molar-refractivity contribution in [1.82, 2.24) is 15.1 Å². The zero-order valence-corrected chi connectivity index (χ0v) is 34.8. The molecule has 0 radical (unpaired) electrons. The Morgan fingerprint density at radius 2 is 1.74 bits per heavy atom. The molecule has 3 aliphatic rings. The quantitative estimate of drug-likeness (QED) is 0.145. The van der Waals surface area contributed by atoms with E-state index in [0.717, 1.165) is 47.9 Å². The van der Waals surface area contributed by atoms with E-state index in [2.05, 4.69) is 45.5 Å². The number of nitrogens with one attached hydrogen (secondary N) is 1. The van der Waals surface area contributed by atoms with Gasteiger partial charge < -0.3 is 19.7 Å². The smallest absolute Gasteiger partial charge is 0.411 e. The third-order valence-corrected chi connectivity index (χ3v) is 12.3. The molecular formula is C39H42BrCl5FN3O4. The Labute approximate surface area is 345 Å². The van der Waals surface area contributed by atoms with Crippen LogP contribution in [0.2, 0.25) is 5.02 Å². The van der Waals surface area contributed by atoms with Crippen molar-refractivity contribution in [2.75, 3.05) is 26.2 Å². The highest BCUT2D eigenvalue weighted by molar-refractivity contribution is 9.10. The Kier molecular flexibility index (Phi) is 14.0. The molecule has 2 heterocycles. The maximum absolute atomic E-state index is 14.9. The number of halogens is 7. The average molecular weight is 893 g/mol. The van der Waals surface area contributed by atoms with Crippen molar-refractivity contribution >= 4 is 92.3 Å². The summed E-state index contributed by atoms with van der Waals surface area (Å²) in [5, 5.41) is 4.11. The molecule has 0 aromatic heterocycles. The number of alkyl halides is 3. The van der Waals surface area contributed by atoms with Crippen LogP contribution in [-0.4, -0.2) is 75.6 Å². The van der Waals surface area contributed by atoms with Crippen molar-refractivity contribution in [2.45, 2.75) is 79.9 Å². The Balaban J connectivity index is 0.00000541. The van der Waals surface area contributed by atoms with Crippen LogP contribution in [-0.2, 0) is 22.4 Å². The van der Waals surface area contributed by atoms with E-state index in [4.69, 9.17) is 55.9 Å². The molecule has 53 heavy (non-hydrogen) atoms. The van der Waals surface area contributed by atoms with Crippen LogP contribution in [0.5, 0.6) is 5.75 Å². The summed E-state index contributed by atoms with van der Waals surface area (Å²) in [6, 6.07) is 19.5. The van der Waals surface area contributed by atoms with Crippen LogP contribution in [0.3, 0.4) is 0 Å². The van der Waals surface area contributed by atoms with Gasteiger partial charge in [-0.15, -0.1) is 12.4 Å². The molecule has 286 valence electrons. The second-order valence-corrected chi connectivity index (χ2v) is 17.5. The summed E-state index contributed by atoms with van der Waals surface area (Å²) < 4.78 is 24.2. The van der Waals surface area contributed by atoms with E-state index in [1.54, 1.807) is 24.8 Å². The zero-order chi connectivity index (χ0) is 37.2. The van der Waals surface area contributed by atoms with E-state index in [1.807, 2.05) is 29.2 Å². The number of amides is 2. The van der Waals surface area contributed by atoms with Gasteiger partial charge in [0.15, 0.2) is 5.60 Å². The minimum absolute atomic E-state index is 0. The number of nitrogens with zero attached hydrogens (tertiary/aromatic N) is 2. The minimum atomic E-state index is -1.86. The topological polar surface area (TPSA) is 71.1 Å². The normalized spacial score (nSPS) is 18.7. The van der Waals surface area contributed by atoms with Gasteiger partial charge in [0, 0.05) is 42.3 Å². The monoisotopic (exact) mass is 889 g/mol. The highest BCUT2D eigenvalue weighted by Gasteiger charge is 2.50. The Bertz CT molecular complexity index is 1820. The second-order valence-electron chi connectivity index (χ2n) is 14.0. The van der Waals surface area contributed by atoms with E-state index in [1.165, 1.54) is 12.1 Å². The molecule has 14 heteroatoms. The van der Waals surface area contributed by atoms with Gasteiger partial charge in [0.05, 0.1) is 23.2 Å². The first kappa shape index (κ1) is 41.9. The van der Waals surface area contributed by atoms with Crippen molar-refractivity contribution in [1.29, 1.82) is 0 Å². The van der Waals surface area contributed by atoms with E-state index in [-0.39, 0.29) is 36.2 Å². The van der Waals surface area contributed by atoms with Crippen molar-refractivity contribution in [3.05, 3.63) is 104 Å². The predicted molar refractivity (Wildman–Crippen MR) is 216 cm³/mol. The van der Waals surface area contributed by atoms with Gasteiger partial charge in [-0.25, -0.2) is 9.18 Å². The number of fused-ring (bicyclic) bond motifs is 2. The molecule has 6 rings (SSSR count). The number of carbonyl (C=O) groups is 2. The van der Waals surface area contributed by atoms with E-state index < -0.39 is 21.5 Å². The molecule has 1 unspecified atom stereocenters. The lowest BCUT2D eigenvalue weighted by Crippen LogP contribution is -2.64.